The van der Waals surface area contributed by atoms with E-state index < -0.39 is 0 Å². The molecule has 0 bridgehead atoms. The Morgan fingerprint density at radius 3 is 2.59 bits per heavy atom. The smallest absolute Gasteiger partial charge is 0.410 e. The summed E-state index contributed by atoms with van der Waals surface area (Å²) in [6, 6.07) is 10.9. The van der Waals surface area contributed by atoms with Crippen molar-refractivity contribution in [3.63, 3.8) is 0 Å². The lowest BCUT2D eigenvalue weighted by molar-refractivity contribution is -0.00917. The van der Waals surface area contributed by atoms with Crippen molar-refractivity contribution in [3.05, 3.63) is 35.9 Å². The molecule has 5 heteroatoms. The molecule has 0 radical (unpaired) electrons. The standard InChI is InChI=1S/C17H25N3O2/c1-14-10-19(9-8-18(14)2)16-11-20(12-16)17(21)22-13-15-6-4-3-5-7-15/h3-7,14,16H,8-13H2,1-2H3/t14-/m1/s1. The molecule has 2 saturated heterocycles. The van der Waals surface area contributed by atoms with Crippen molar-refractivity contribution in [2.45, 2.75) is 25.6 Å². The molecular weight excluding hydrogens is 278 g/mol. The molecule has 5 nitrogen and oxygen atoms in total. The number of piperazine rings is 1. The lowest BCUT2D eigenvalue weighted by Crippen LogP contribution is -2.65. The summed E-state index contributed by atoms with van der Waals surface area (Å²) in [5.41, 5.74) is 1.03. The first-order valence-corrected chi connectivity index (χ1v) is 8.03. The quantitative estimate of drug-likeness (QED) is 0.850. The van der Waals surface area contributed by atoms with E-state index in [1.54, 1.807) is 4.90 Å². The van der Waals surface area contributed by atoms with Crippen LogP contribution in [0.15, 0.2) is 30.3 Å². The molecule has 120 valence electrons. The predicted molar refractivity (Wildman–Crippen MR) is 85.7 cm³/mol. The lowest BCUT2D eigenvalue weighted by atomic mass is 10.1. The van der Waals surface area contributed by atoms with Gasteiger partial charge in [0.25, 0.3) is 0 Å². The number of likely N-dealkylation sites (tertiary alicyclic amines) is 1. The number of amides is 1. The molecule has 0 N–H and O–H groups in total. The number of carbonyl (C=O) groups is 1. The number of likely N-dealkylation sites (N-methyl/N-ethyl adjacent to an activating group) is 1. The molecule has 0 aliphatic carbocycles. The van der Waals surface area contributed by atoms with E-state index in [0.29, 0.717) is 18.7 Å². The Bertz CT molecular complexity index is 502. The Morgan fingerprint density at radius 2 is 1.91 bits per heavy atom. The molecule has 1 amide bonds. The minimum atomic E-state index is -0.192. The van der Waals surface area contributed by atoms with E-state index in [1.807, 2.05) is 30.3 Å². The zero-order chi connectivity index (χ0) is 15.5. The molecule has 0 spiro atoms. The fraction of sp³-hybridized carbons (Fsp3) is 0.588. The Hall–Kier alpha value is -1.59. The lowest BCUT2D eigenvalue weighted by Gasteiger charge is -2.48. The number of ether oxygens (including phenoxy) is 1. The van der Waals surface area contributed by atoms with E-state index in [2.05, 4.69) is 23.8 Å². The molecule has 1 aromatic rings. The topological polar surface area (TPSA) is 36.0 Å². The SMILES string of the molecule is C[C@@H]1CN(C2CN(C(=O)OCc3ccccc3)C2)CCN1C. The van der Waals surface area contributed by atoms with Gasteiger partial charge < -0.3 is 14.5 Å². The molecule has 0 saturated carbocycles. The largest absolute Gasteiger partial charge is 0.445 e. The molecule has 2 heterocycles. The van der Waals surface area contributed by atoms with Crippen LogP contribution in [0.5, 0.6) is 0 Å². The van der Waals surface area contributed by atoms with Crippen LogP contribution in [-0.2, 0) is 11.3 Å². The Kier molecular flexibility index (Phi) is 4.64. The van der Waals surface area contributed by atoms with Crippen molar-refractivity contribution in [1.82, 2.24) is 14.7 Å². The van der Waals surface area contributed by atoms with Crippen molar-refractivity contribution >= 4 is 6.09 Å². The van der Waals surface area contributed by atoms with Crippen LogP contribution in [0.1, 0.15) is 12.5 Å². The second kappa shape index (κ2) is 6.67. The molecule has 2 aliphatic heterocycles. The molecule has 0 aromatic heterocycles. The van der Waals surface area contributed by atoms with Crippen molar-refractivity contribution in [2.75, 3.05) is 39.8 Å². The molecule has 0 unspecified atom stereocenters. The summed E-state index contributed by atoms with van der Waals surface area (Å²) in [4.78, 5) is 18.7. The second-order valence-electron chi connectivity index (χ2n) is 6.42. The first-order valence-electron chi connectivity index (χ1n) is 8.03. The van der Waals surface area contributed by atoms with Gasteiger partial charge in [-0.05, 0) is 19.5 Å². The van der Waals surface area contributed by atoms with E-state index in [4.69, 9.17) is 4.74 Å². The van der Waals surface area contributed by atoms with Crippen molar-refractivity contribution in [2.24, 2.45) is 0 Å². The van der Waals surface area contributed by atoms with Gasteiger partial charge in [-0.2, -0.15) is 0 Å². The van der Waals surface area contributed by atoms with E-state index in [0.717, 1.165) is 38.3 Å². The van der Waals surface area contributed by atoms with Gasteiger partial charge in [0, 0.05) is 44.8 Å². The van der Waals surface area contributed by atoms with Gasteiger partial charge in [0.2, 0.25) is 0 Å². The molecule has 3 rings (SSSR count). The van der Waals surface area contributed by atoms with Crippen molar-refractivity contribution in [1.29, 1.82) is 0 Å². The Balaban J connectivity index is 1.40. The van der Waals surface area contributed by atoms with Gasteiger partial charge in [-0.1, -0.05) is 30.3 Å². The summed E-state index contributed by atoms with van der Waals surface area (Å²) in [5, 5.41) is 0. The number of rotatable bonds is 3. The highest BCUT2D eigenvalue weighted by atomic mass is 16.6. The van der Waals surface area contributed by atoms with Crippen LogP contribution < -0.4 is 0 Å². The van der Waals surface area contributed by atoms with E-state index in [9.17, 15) is 4.79 Å². The number of benzene rings is 1. The third-order valence-electron chi connectivity index (χ3n) is 4.83. The van der Waals surface area contributed by atoms with Crippen LogP contribution in [0.4, 0.5) is 4.79 Å². The first-order chi connectivity index (χ1) is 10.6. The van der Waals surface area contributed by atoms with E-state index >= 15 is 0 Å². The Morgan fingerprint density at radius 1 is 1.18 bits per heavy atom. The summed E-state index contributed by atoms with van der Waals surface area (Å²) >= 11 is 0. The van der Waals surface area contributed by atoms with Crippen molar-refractivity contribution < 1.29 is 9.53 Å². The maximum Gasteiger partial charge on any atom is 0.410 e. The average molecular weight is 303 g/mol. The monoisotopic (exact) mass is 303 g/mol. The maximum absolute atomic E-state index is 12.0. The fourth-order valence-corrected chi connectivity index (χ4v) is 3.05. The van der Waals surface area contributed by atoms with Crippen LogP contribution in [0.25, 0.3) is 0 Å². The zero-order valence-corrected chi connectivity index (χ0v) is 13.4. The van der Waals surface area contributed by atoms with Gasteiger partial charge in [0.15, 0.2) is 0 Å². The third kappa shape index (κ3) is 3.42. The van der Waals surface area contributed by atoms with Gasteiger partial charge in [-0.3, -0.25) is 4.90 Å². The Labute approximate surface area is 132 Å². The molecule has 1 atom stereocenters. The number of nitrogens with zero attached hydrogens (tertiary/aromatic N) is 3. The summed E-state index contributed by atoms with van der Waals surface area (Å²) in [6.45, 7) is 7.50. The van der Waals surface area contributed by atoms with Gasteiger partial charge >= 0.3 is 6.09 Å². The van der Waals surface area contributed by atoms with E-state index in [1.165, 1.54) is 0 Å². The molecule has 1 aromatic carbocycles. The number of carbonyl (C=O) groups excluding carboxylic acids is 1. The average Bonchev–Trinajstić information content (AvgIpc) is 2.48. The van der Waals surface area contributed by atoms with Gasteiger partial charge in [-0.15, -0.1) is 0 Å². The van der Waals surface area contributed by atoms with Crippen LogP contribution >= 0.6 is 0 Å². The molecule has 2 fully saturated rings. The number of hydrogen-bond acceptors (Lipinski definition) is 4. The van der Waals surface area contributed by atoms with Gasteiger partial charge in [0.05, 0.1) is 0 Å². The summed E-state index contributed by atoms with van der Waals surface area (Å²) < 4.78 is 5.37. The summed E-state index contributed by atoms with van der Waals surface area (Å²) in [7, 11) is 2.18. The number of hydrogen-bond donors (Lipinski definition) is 0. The highest BCUT2D eigenvalue weighted by Gasteiger charge is 2.37. The maximum atomic E-state index is 12.0. The highest BCUT2D eigenvalue weighted by Crippen LogP contribution is 2.19. The summed E-state index contributed by atoms with van der Waals surface area (Å²) in [5.74, 6) is 0. The summed E-state index contributed by atoms with van der Waals surface area (Å²) in [6.07, 6.45) is -0.192. The minimum absolute atomic E-state index is 0.192. The van der Waals surface area contributed by atoms with Gasteiger partial charge in [0.1, 0.15) is 6.61 Å². The minimum Gasteiger partial charge on any atom is -0.445 e. The zero-order valence-electron chi connectivity index (χ0n) is 13.4. The van der Waals surface area contributed by atoms with Crippen LogP contribution in [-0.4, -0.2) is 72.6 Å². The third-order valence-corrected chi connectivity index (χ3v) is 4.83. The van der Waals surface area contributed by atoms with Crippen molar-refractivity contribution in [3.8, 4) is 0 Å². The fourth-order valence-electron chi connectivity index (χ4n) is 3.05. The molecule has 22 heavy (non-hydrogen) atoms. The second-order valence-corrected chi connectivity index (χ2v) is 6.42. The van der Waals surface area contributed by atoms with Crippen LogP contribution in [0.2, 0.25) is 0 Å². The molecular formula is C17H25N3O2. The van der Waals surface area contributed by atoms with Gasteiger partial charge in [-0.25, -0.2) is 4.79 Å². The predicted octanol–water partition coefficient (Wildman–Crippen LogP) is 1.64. The first kappa shape index (κ1) is 15.3. The van der Waals surface area contributed by atoms with E-state index in [-0.39, 0.29) is 6.09 Å². The molecule has 2 aliphatic rings. The van der Waals surface area contributed by atoms with Crippen LogP contribution in [0, 0.1) is 0 Å². The highest BCUT2D eigenvalue weighted by molar-refractivity contribution is 5.68. The normalized spacial score (nSPS) is 24.1. The van der Waals surface area contributed by atoms with Crippen LogP contribution in [0.3, 0.4) is 0 Å².